The van der Waals surface area contributed by atoms with Gasteiger partial charge < -0.3 is 15.3 Å². The van der Waals surface area contributed by atoms with Gasteiger partial charge in [-0.05, 0) is 13.8 Å². The topological polar surface area (TPSA) is 105 Å². The molecule has 0 aliphatic carbocycles. The third-order valence-electron chi connectivity index (χ3n) is 4.43. The van der Waals surface area contributed by atoms with Gasteiger partial charge in [-0.3, -0.25) is 14.3 Å². The number of aryl methyl sites for hydroxylation is 1. The molecule has 8 nitrogen and oxygen atoms in total. The van der Waals surface area contributed by atoms with Gasteiger partial charge in [-0.15, -0.1) is 11.8 Å². The Morgan fingerprint density at radius 2 is 1.96 bits per heavy atom. The van der Waals surface area contributed by atoms with Crippen LogP contribution in [0.5, 0.6) is 0 Å². The number of hydrogen-bond acceptors (Lipinski definition) is 5. The lowest BCUT2D eigenvalue weighted by Gasteiger charge is -2.43. The van der Waals surface area contributed by atoms with Gasteiger partial charge in [-0.2, -0.15) is 18.3 Å². The molecule has 0 spiro atoms. The number of nitrogens with zero attached hydrogens (tertiary/aromatic N) is 3. The van der Waals surface area contributed by atoms with Gasteiger partial charge in [0.15, 0.2) is 5.69 Å². The van der Waals surface area contributed by atoms with Gasteiger partial charge in [0.2, 0.25) is 5.91 Å². The molecule has 0 bridgehead atoms. The highest BCUT2D eigenvalue weighted by Crippen LogP contribution is 2.50. The van der Waals surface area contributed by atoms with E-state index in [9.17, 15) is 32.7 Å². The number of β-lactam (4-membered cyclic amide) rings is 1. The van der Waals surface area contributed by atoms with Gasteiger partial charge in [0.05, 0.1) is 0 Å². The second-order valence-corrected chi connectivity index (χ2v) is 8.83. The Labute approximate surface area is 160 Å². The van der Waals surface area contributed by atoms with Crippen LogP contribution >= 0.6 is 23.4 Å². The summed E-state index contributed by atoms with van der Waals surface area (Å²) in [4.78, 5) is 37.4. The van der Waals surface area contributed by atoms with Crippen molar-refractivity contribution in [3.05, 3.63) is 16.4 Å². The van der Waals surface area contributed by atoms with E-state index in [0.29, 0.717) is 4.68 Å². The standard InChI is InChI=1S/C14H14ClF3N4O4S/c1-13(2)8(12(25)26)22-10(24)5(11(22)27-13)19-9(23)6-4(15)7(14(16,17)18)20-21(6)3/h5,8,11H,1-3H3,(H,19,23)(H,25,26)/t5-,8-,11+/m1/s1. The first kappa shape index (κ1) is 19.8. The van der Waals surface area contributed by atoms with Crippen LogP contribution in [0.15, 0.2) is 0 Å². The number of carboxylic acid groups (broad SMARTS) is 1. The fourth-order valence-electron chi connectivity index (χ4n) is 3.28. The number of carbonyl (C=O) groups excluding carboxylic acids is 2. The predicted molar refractivity (Wildman–Crippen MR) is 88.2 cm³/mol. The van der Waals surface area contributed by atoms with Crippen LogP contribution < -0.4 is 5.32 Å². The maximum Gasteiger partial charge on any atom is 0.436 e. The summed E-state index contributed by atoms with van der Waals surface area (Å²) in [7, 11) is 1.12. The number of alkyl halides is 3. The van der Waals surface area contributed by atoms with Gasteiger partial charge in [-0.25, -0.2) is 4.79 Å². The monoisotopic (exact) mass is 426 g/mol. The average Bonchev–Trinajstić information content (AvgIpc) is 2.95. The molecule has 3 atom stereocenters. The smallest absolute Gasteiger partial charge is 0.436 e. The van der Waals surface area contributed by atoms with Crippen LogP contribution in [0.25, 0.3) is 0 Å². The Morgan fingerprint density at radius 1 is 1.37 bits per heavy atom. The van der Waals surface area contributed by atoms with E-state index in [-0.39, 0.29) is 0 Å². The molecule has 1 aromatic rings. The molecule has 2 N–H and O–H groups in total. The minimum atomic E-state index is -4.84. The third-order valence-corrected chi connectivity index (χ3v) is 6.36. The van der Waals surface area contributed by atoms with Crippen molar-refractivity contribution in [2.45, 2.75) is 42.2 Å². The van der Waals surface area contributed by atoms with E-state index < -0.39 is 62.6 Å². The number of halogens is 4. The number of carboxylic acids is 1. The number of carbonyl (C=O) groups is 3. The van der Waals surface area contributed by atoms with Crippen LogP contribution in [0.3, 0.4) is 0 Å². The zero-order valence-corrected chi connectivity index (χ0v) is 15.7. The van der Waals surface area contributed by atoms with Crippen LogP contribution in [0.1, 0.15) is 30.0 Å². The molecular formula is C14H14ClF3N4O4S. The second-order valence-electron chi connectivity index (χ2n) is 6.68. The summed E-state index contributed by atoms with van der Waals surface area (Å²) in [6.07, 6.45) is -4.84. The summed E-state index contributed by atoms with van der Waals surface area (Å²) in [6, 6.07) is -2.13. The number of fused-ring (bicyclic) bond motifs is 1. The summed E-state index contributed by atoms with van der Waals surface area (Å²) in [5.74, 6) is -2.79. The van der Waals surface area contributed by atoms with Crippen molar-refractivity contribution in [3.63, 3.8) is 0 Å². The fourth-order valence-corrected chi connectivity index (χ4v) is 5.26. The summed E-state index contributed by atoms with van der Waals surface area (Å²) < 4.78 is 38.5. The molecule has 2 aliphatic rings. The van der Waals surface area contributed by atoms with E-state index in [1.165, 1.54) is 11.8 Å². The van der Waals surface area contributed by atoms with E-state index in [1.807, 2.05) is 0 Å². The molecule has 1 aromatic heterocycles. The first-order valence-corrected chi connectivity index (χ1v) is 8.86. The van der Waals surface area contributed by atoms with Gasteiger partial charge in [0, 0.05) is 11.8 Å². The minimum Gasteiger partial charge on any atom is -0.480 e. The first-order chi connectivity index (χ1) is 12.3. The number of aromatic nitrogens is 2. The molecule has 3 heterocycles. The molecule has 2 aliphatic heterocycles. The van der Waals surface area contributed by atoms with Crippen molar-refractivity contribution in [2.24, 2.45) is 7.05 Å². The molecule has 27 heavy (non-hydrogen) atoms. The van der Waals surface area contributed by atoms with E-state index in [4.69, 9.17) is 11.6 Å². The summed E-state index contributed by atoms with van der Waals surface area (Å²) in [5, 5.41) is 13.4. The third kappa shape index (κ3) is 2.94. The average molecular weight is 427 g/mol. The van der Waals surface area contributed by atoms with Crippen LogP contribution in [0.2, 0.25) is 5.02 Å². The molecule has 2 amide bonds. The second kappa shape index (κ2) is 6.03. The molecular weight excluding hydrogens is 413 g/mol. The Bertz CT molecular complexity index is 856. The molecule has 148 valence electrons. The van der Waals surface area contributed by atoms with Gasteiger partial charge in [-0.1, -0.05) is 11.6 Å². The molecule has 2 fully saturated rings. The van der Waals surface area contributed by atoms with Crippen LogP contribution in [-0.2, 0) is 22.8 Å². The number of amides is 2. The Balaban J connectivity index is 1.83. The van der Waals surface area contributed by atoms with Gasteiger partial charge in [0.1, 0.15) is 28.2 Å². The summed E-state index contributed by atoms with van der Waals surface area (Å²) in [6.45, 7) is 3.32. The van der Waals surface area contributed by atoms with Crippen molar-refractivity contribution in [3.8, 4) is 0 Å². The van der Waals surface area contributed by atoms with Crippen LogP contribution in [-0.4, -0.2) is 59.8 Å². The zero-order valence-electron chi connectivity index (χ0n) is 14.2. The molecule has 0 unspecified atom stereocenters. The van der Waals surface area contributed by atoms with Crippen molar-refractivity contribution in [2.75, 3.05) is 0 Å². The van der Waals surface area contributed by atoms with Crippen molar-refractivity contribution < 1.29 is 32.7 Å². The van der Waals surface area contributed by atoms with E-state index >= 15 is 0 Å². The normalized spacial score (nSPS) is 26.6. The van der Waals surface area contributed by atoms with Crippen molar-refractivity contribution in [1.29, 1.82) is 0 Å². The SMILES string of the molecule is Cn1nc(C(F)(F)F)c(Cl)c1C(=O)N[C@@H]1C(=O)N2[C@H]1SC(C)(C)[C@H]2C(=O)O. The molecule has 0 aromatic carbocycles. The molecule has 13 heteroatoms. The highest BCUT2D eigenvalue weighted by Gasteiger charge is 2.64. The first-order valence-electron chi connectivity index (χ1n) is 7.60. The molecule has 3 rings (SSSR count). The maximum absolute atomic E-state index is 12.9. The minimum absolute atomic E-state index is 0.535. The number of rotatable bonds is 3. The number of hydrogen-bond donors (Lipinski definition) is 2. The highest BCUT2D eigenvalue weighted by molar-refractivity contribution is 8.01. The number of thioether (sulfide) groups is 1. The summed E-state index contributed by atoms with van der Waals surface area (Å²) >= 11 is 6.86. The van der Waals surface area contributed by atoms with E-state index in [2.05, 4.69) is 10.4 Å². The Kier molecular flexibility index (Phi) is 4.42. The fraction of sp³-hybridized carbons (Fsp3) is 0.571. The Hall–Kier alpha value is -1.95. The lowest BCUT2D eigenvalue weighted by atomic mass is 9.96. The lowest BCUT2D eigenvalue weighted by molar-refractivity contribution is -0.159. The van der Waals surface area contributed by atoms with Crippen LogP contribution in [0, 0.1) is 0 Å². The zero-order chi connectivity index (χ0) is 20.5. The quantitative estimate of drug-likeness (QED) is 0.707. The number of aliphatic carboxylic acids is 1. The maximum atomic E-state index is 12.9. The lowest BCUT2D eigenvalue weighted by Crippen LogP contribution is -2.70. The van der Waals surface area contributed by atoms with Crippen molar-refractivity contribution in [1.82, 2.24) is 20.0 Å². The van der Waals surface area contributed by atoms with Crippen molar-refractivity contribution >= 4 is 41.1 Å². The largest absolute Gasteiger partial charge is 0.480 e. The van der Waals surface area contributed by atoms with E-state index in [1.54, 1.807) is 13.8 Å². The highest BCUT2D eigenvalue weighted by atomic mass is 35.5. The molecule has 2 saturated heterocycles. The number of nitrogens with one attached hydrogen (secondary N) is 1. The van der Waals surface area contributed by atoms with Crippen LogP contribution in [0.4, 0.5) is 13.2 Å². The predicted octanol–water partition coefficient (Wildman–Crippen LogP) is 1.34. The van der Waals surface area contributed by atoms with E-state index in [0.717, 1.165) is 11.9 Å². The Morgan fingerprint density at radius 3 is 2.44 bits per heavy atom. The summed E-state index contributed by atoms with van der Waals surface area (Å²) in [5.41, 5.74) is -1.94. The molecule has 0 saturated carbocycles. The van der Waals surface area contributed by atoms with Gasteiger partial charge in [0.25, 0.3) is 5.91 Å². The molecule has 0 radical (unpaired) electrons. The van der Waals surface area contributed by atoms with Gasteiger partial charge >= 0.3 is 12.1 Å².